The first-order chi connectivity index (χ1) is 15.1. The zero-order valence-electron chi connectivity index (χ0n) is 18.8. The van der Waals surface area contributed by atoms with Gasteiger partial charge in [-0.2, -0.15) is 0 Å². The van der Waals surface area contributed by atoms with Crippen LogP contribution in [0.2, 0.25) is 0 Å². The van der Waals surface area contributed by atoms with Crippen molar-refractivity contribution in [3.8, 4) is 5.75 Å². The van der Waals surface area contributed by atoms with E-state index in [1.165, 1.54) is 0 Å². The summed E-state index contributed by atoms with van der Waals surface area (Å²) in [6.07, 6.45) is 5.14. The average molecular weight is 430 g/mol. The zero-order chi connectivity index (χ0) is 22.2. The van der Waals surface area contributed by atoms with Gasteiger partial charge in [0.1, 0.15) is 5.75 Å². The number of ether oxygens (including phenoxy) is 1. The highest BCUT2D eigenvalue weighted by Gasteiger charge is 2.41. The van der Waals surface area contributed by atoms with E-state index in [9.17, 15) is 14.4 Å². The minimum atomic E-state index is -0.368. The highest BCUT2D eigenvalue weighted by Crippen LogP contribution is 2.40. The molecule has 2 atom stereocenters. The number of likely N-dealkylation sites (tertiary alicyclic amines) is 2. The molecule has 170 valence electrons. The fourth-order valence-electron chi connectivity index (χ4n) is 4.66. The molecular weight excluding hydrogens is 394 g/mol. The molecule has 2 aliphatic heterocycles. The van der Waals surface area contributed by atoms with E-state index in [2.05, 4.69) is 12.2 Å². The van der Waals surface area contributed by atoms with E-state index in [4.69, 9.17) is 4.74 Å². The van der Waals surface area contributed by atoms with Gasteiger partial charge in [0.15, 0.2) is 0 Å². The molecule has 7 heteroatoms. The van der Waals surface area contributed by atoms with Gasteiger partial charge in [0.05, 0.1) is 19.1 Å². The summed E-state index contributed by atoms with van der Waals surface area (Å²) >= 11 is 0. The fraction of sp³-hybridized carbons (Fsp3) is 0.625. The maximum Gasteiger partial charge on any atom is 0.225 e. The number of nitrogens with zero attached hydrogens (tertiary/aromatic N) is 2. The van der Waals surface area contributed by atoms with E-state index >= 15 is 0 Å². The van der Waals surface area contributed by atoms with Crippen LogP contribution in [0, 0.1) is 5.92 Å². The lowest BCUT2D eigenvalue weighted by Crippen LogP contribution is -2.48. The van der Waals surface area contributed by atoms with Crippen LogP contribution in [-0.2, 0) is 14.4 Å². The third-order valence-corrected chi connectivity index (χ3v) is 6.35. The van der Waals surface area contributed by atoms with E-state index in [0.717, 1.165) is 44.3 Å². The fourth-order valence-corrected chi connectivity index (χ4v) is 4.66. The predicted molar refractivity (Wildman–Crippen MR) is 119 cm³/mol. The number of carbonyl (C=O) groups is 3. The second kappa shape index (κ2) is 11.2. The second-order valence-corrected chi connectivity index (χ2v) is 8.40. The number of hydrogen-bond donors (Lipinski definition) is 1. The van der Waals surface area contributed by atoms with Gasteiger partial charge in [-0.25, -0.2) is 0 Å². The molecule has 0 bridgehead atoms. The van der Waals surface area contributed by atoms with Gasteiger partial charge in [0.25, 0.3) is 0 Å². The molecule has 2 fully saturated rings. The number of methoxy groups -OCH3 is 1. The molecule has 0 spiro atoms. The van der Waals surface area contributed by atoms with E-state index in [1.807, 2.05) is 34.1 Å². The number of carbonyl (C=O) groups excluding carboxylic acids is 3. The number of benzene rings is 1. The van der Waals surface area contributed by atoms with Crippen LogP contribution in [0.15, 0.2) is 24.3 Å². The second-order valence-electron chi connectivity index (χ2n) is 8.40. The number of rotatable bonds is 9. The van der Waals surface area contributed by atoms with Gasteiger partial charge in [-0.1, -0.05) is 31.5 Å². The Labute approximate surface area is 185 Å². The molecule has 1 aromatic carbocycles. The summed E-state index contributed by atoms with van der Waals surface area (Å²) in [6, 6.07) is 7.26. The minimum Gasteiger partial charge on any atom is -0.496 e. The Kier molecular flexibility index (Phi) is 8.32. The third-order valence-electron chi connectivity index (χ3n) is 6.35. The number of nitrogens with one attached hydrogen (secondary N) is 1. The predicted octanol–water partition coefficient (Wildman–Crippen LogP) is 2.90. The first-order valence-electron chi connectivity index (χ1n) is 11.5. The van der Waals surface area contributed by atoms with Crippen molar-refractivity contribution in [2.45, 2.75) is 57.9 Å². The largest absolute Gasteiger partial charge is 0.496 e. The third kappa shape index (κ3) is 5.57. The Morgan fingerprint density at radius 3 is 2.65 bits per heavy atom. The summed E-state index contributed by atoms with van der Waals surface area (Å²) in [5.74, 6) is 0.401. The zero-order valence-corrected chi connectivity index (χ0v) is 18.8. The summed E-state index contributed by atoms with van der Waals surface area (Å²) < 4.78 is 5.56. The van der Waals surface area contributed by atoms with Crippen molar-refractivity contribution in [2.75, 3.05) is 33.3 Å². The SMILES string of the molecule is CCCCN1C(=O)CCC(C(=O)NCCC(=O)N2CCCC2)C1c1ccccc1OC. The highest BCUT2D eigenvalue weighted by molar-refractivity contribution is 5.85. The highest BCUT2D eigenvalue weighted by atomic mass is 16.5. The van der Waals surface area contributed by atoms with Crippen molar-refractivity contribution in [2.24, 2.45) is 5.92 Å². The number of hydrogen-bond acceptors (Lipinski definition) is 4. The van der Waals surface area contributed by atoms with Crippen molar-refractivity contribution >= 4 is 17.7 Å². The molecule has 0 radical (unpaired) electrons. The molecule has 2 heterocycles. The van der Waals surface area contributed by atoms with Gasteiger partial charge in [0.2, 0.25) is 17.7 Å². The van der Waals surface area contributed by atoms with E-state index < -0.39 is 0 Å². The van der Waals surface area contributed by atoms with Crippen molar-refractivity contribution in [1.29, 1.82) is 0 Å². The Morgan fingerprint density at radius 1 is 1.19 bits per heavy atom. The molecule has 0 aliphatic carbocycles. The average Bonchev–Trinajstić information content (AvgIpc) is 3.33. The molecule has 31 heavy (non-hydrogen) atoms. The van der Waals surface area contributed by atoms with Gasteiger partial charge in [-0.3, -0.25) is 14.4 Å². The van der Waals surface area contributed by atoms with Crippen LogP contribution in [0.25, 0.3) is 0 Å². The smallest absolute Gasteiger partial charge is 0.225 e. The molecule has 0 aromatic heterocycles. The molecule has 3 amide bonds. The Hall–Kier alpha value is -2.57. The maximum atomic E-state index is 13.2. The lowest BCUT2D eigenvalue weighted by Gasteiger charge is -2.41. The monoisotopic (exact) mass is 429 g/mol. The maximum absolute atomic E-state index is 13.2. The quantitative estimate of drug-likeness (QED) is 0.655. The molecule has 2 saturated heterocycles. The summed E-state index contributed by atoms with van der Waals surface area (Å²) in [5.41, 5.74) is 0.863. The van der Waals surface area contributed by atoms with Crippen LogP contribution in [0.1, 0.15) is 63.5 Å². The van der Waals surface area contributed by atoms with Crippen LogP contribution in [0.5, 0.6) is 5.75 Å². The van der Waals surface area contributed by atoms with Crippen LogP contribution < -0.4 is 10.1 Å². The minimum absolute atomic E-state index is 0.0811. The van der Waals surface area contributed by atoms with Crippen molar-refractivity contribution in [3.05, 3.63) is 29.8 Å². The van der Waals surface area contributed by atoms with Crippen LogP contribution >= 0.6 is 0 Å². The number of piperidine rings is 1. The Bertz CT molecular complexity index is 776. The number of unbranched alkanes of at least 4 members (excludes halogenated alkanes) is 1. The standard InChI is InChI=1S/C24H35N3O4/c1-3-4-17-27-22(29)12-11-19(23(27)18-9-5-6-10-20(18)31-2)24(30)25-14-13-21(28)26-15-7-8-16-26/h5-6,9-10,19,23H,3-4,7-8,11-17H2,1-2H3,(H,25,30). The summed E-state index contributed by atoms with van der Waals surface area (Å²) in [4.78, 5) is 42.0. The normalized spacial score (nSPS) is 21.3. The van der Waals surface area contributed by atoms with E-state index in [0.29, 0.717) is 38.1 Å². The Morgan fingerprint density at radius 2 is 1.94 bits per heavy atom. The van der Waals surface area contributed by atoms with Crippen LogP contribution in [-0.4, -0.2) is 60.8 Å². The lowest BCUT2D eigenvalue weighted by atomic mass is 9.83. The van der Waals surface area contributed by atoms with Crippen LogP contribution in [0.4, 0.5) is 0 Å². The van der Waals surface area contributed by atoms with E-state index in [-0.39, 0.29) is 29.7 Å². The van der Waals surface area contributed by atoms with Crippen LogP contribution in [0.3, 0.4) is 0 Å². The molecule has 2 unspecified atom stereocenters. The van der Waals surface area contributed by atoms with Gasteiger partial charge >= 0.3 is 0 Å². The first kappa shape index (κ1) is 23.1. The van der Waals surface area contributed by atoms with Gasteiger partial charge in [-0.15, -0.1) is 0 Å². The Balaban J connectivity index is 1.74. The molecule has 2 aliphatic rings. The van der Waals surface area contributed by atoms with Crippen molar-refractivity contribution in [3.63, 3.8) is 0 Å². The number of amides is 3. The van der Waals surface area contributed by atoms with Gasteiger partial charge < -0.3 is 19.9 Å². The molecule has 1 N–H and O–H groups in total. The molecule has 3 rings (SSSR count). The summed E-state index contributed by atoms with van der Waals surface area (Å²) in [6.45, 7) is 4.68. The number of para-hydroxylation sites is 1. The summed E-state index contributed by atoms with van der Waals surface area (Å²) in [5, 5.41) is 2.97. The molecule has 0 saturated carbocycles. The summed E-state index contributed by atoms with van der Waals surface area (Å²) in [7, 11) is 1.61. The van der Waals surface area contributed by atoms with E-state index in [1.54, 1.807) is 7.11 Å². The first-order valence-corrected chi connectivity index (χ1v) is 11.5. The van der Waals surface area contributed by atoms with Crippen molar-refractivity contribution in [1.82, 2.24) is 15.1 Å². The molecular formula is C24H35N3O4. The molecule has 1 aromatic rings. The lowest BCUT2D eigenvalue weighted by molar-refractivity contribution is -0.143. The topological polar surface area (TPSA) is 79.0 Å². The van der Waals surface area contributed by atoms with Gasteiger partial charge in [0, 0.05) is 44.6 Å². The molecule has 7 nitrogen and oxygen atoms in total. The van der Waals surface area contributed by atoms with Crippen molar-refractivity contribution < 1.29 is 19.1 Å². The van der Waals surface area contributed by atoms with Gasteiger partial charge in [-0.05, 0) is 31.7 Å².